The summed E-state index contributed by atoms with van der Waals surface area (Å²) in [6.07, 6.45) is 15.0. The number of fused-ring (bicyclic) bond motifs is 1. The molecule has 6 aliphatic carbocycles. The monoisotopic (exact) mass is 529 g/mol. The molecule has 5 fully saturated rings. The van der Waals surface area contributed by atoms with Crippen molar-refractivity contribution in [3.8, 4) is 0 Å². The van der Waals surface area contributed by atoms with E-state index in [2.05, 4.69) is 15.3 Å². The second-order valence-electron chi connectivity index (χ2n) is 13.2. The number of rotatable bonds is 5. The first-order valence-corrected chi connectivity index (χ1v) is 15.5. The minimum absolute atomic E-state index is 0.00658. The summed E-state index contributed by atoms with van der Waals surface area (Å²) in [7, 11) is 1.81. The highest BCUT2D eigenvalue weighted by atomic mass is 16.2. The van der Waals surface area contributed by atoms with E-state index in [9.17, 15) is 9.59 Å². The van der Waals surface area contributed by atoms with Crippen LogP contribution in [-0.2, 0) is 12.8 Å². The van der Waals surface area contributed by atoms with Crippen LogP contribution < -0.4 is 15.5 Å². The number of aromatic nitrogens is 2. The number of hydrogen-bond acceptors (Lipinski definition) is 3. The third kappa shape index (κ3) is 4.76. The SMILES string of the molecule is CN(C(=O)NC1CCc2c(c(C(=O)NC3C4CC5CC(C4)CC3C5)nn2C2CCCCC2)C1)c1ccccc1. The highest BCUT2D eigenvalue weighted by Gasteiger charge is 2.49. The molecule has 1 heterocycles. The summed E-state index contributed by atoms with van der Waals surface area (Å²) < 4.78 is 2.23. The molecule has 1 aromatic carbocycles. The fraction of sp³-hybridized carbons (Fsp3) is 0.656. The van der Waals surface area contributed by atoms with Gasteiger partial charge in [-0.1, -0.05) is 37.5 Å². The summed E-state index contributed by atoms with van der Waals surface area (Å²) in [5.41, 5.74) is 3.80. The summed E-state index contributed by atoms with van der Waals surface area (Å²) in [4.78, 5) is 28.7. The fourth-order valence-electron chi connectivity index (χ4n) is 9.00. The van der Waals surface area contributed by atoms with Gasteiger partial charge in [-0.15, -0.1) is 0 Å². The van der Waals surface area contributed by atoms with E-state index in [0.29, 0.717) is 36.0 Å². The zero-order valence-electron chi connectivity index (χ0n) is 23.3. The van der Waals surface area contributed by atoms with E-state index < -0.39 is 0 Å². The Balaban J connectivity index is 1.12. The van der Waals surface area contributed by atoms with Crippen molar-refractivity contribution in [2.24, 2.45) is 23.7 Å². The number of hydrogen-bond donors (Lipinski definition) is 2. The number of urea groups is 1. The Kier molecular flexibility index (Phi) is 6.64. The Labute approximate surface area is 232 Å². The van der Waals surface area contributed by atoms with Gasteiger partial charge < -0.3 is 10.6 Å². The number of anilines is 1. The van der Waals surface area contributed by atoms with Crippen LogP contribution in [0.1, 0.15) is 98.4 Å². The Hall–Kier alpha value is -2.83. The summed E-state index contributed by atoms with van der Waals surface area (Å²) in [5.74, 6) is 3.07. The van der Waals surface area contributed by atoms with Crippen LogP contribution >= 0.6 is 0 Å². The van der Waals surface area contributed by atoms with Crippen molar-refractivity contribution in [1.29, 1.82) is 0 Å². The molecule has 1 aromatic heterocycles. The van der Waals surface area contributed by atoms with E-state index in [4.69, 9.17) is 5.10 Å². The molecule has 8 rings (SSSR count). The van der Waals surface area contributed by atoms with Gasteiger partial charge in [-0.05, 0) is 100 Å². The summed E-state index contributed by atoms with van der Waals surface area (Å²) in [6, 6.07) is 10.3. The zero-order valence-corrected chi connectivity index (χ0v) is 23.3. The van der Waals surface area contributed by atoms with Crippen molar-refractivity contribution in [1.82, 2.24) is 20.4 Å². The van der Waals surface area contributed by atoms with Gasteiger partial charge in [-0.3, -0.25) is 14.4 Å². The van der Waals surface area contributed by atoms with Gasteiger partial charge >= 0.3 is 6.03 Å². The number of nitrogens with zero attached hydrogens (tertiary/aromatic N) is 3. The van der Waals surface area contributed by atoms with Crippen LogP contribution in [0.4, 0.5) is 10.5 Å². The number of benzene rings is 1. The maximum absolute atomic E-state index is 13.9. The molecular weight excluding hydrogens is 486 g/mol. The van der Waals surface area contributed by atoms with Crippen LogP contribution in [0.25, 0.3) is 0 Å². The molecule has 0 radical (unpaired) electrons. The average Bonchev–Trinajstić information content (AvgIpc) is 3.34. The van der Waals surface area contributed by atoms with Gasteiger partial charge in [0.25, 0.3) is 5.91 Å². The lowest BCUT2D eigenvalue weighted by atomic mass is 9.54. The molecule has 39 heavy (non-hydrogen) atoms. The maximum atomic E-state index is 13.9. The predicted molar refractivity (Wildman–Crippen MR) is 152 cm³/mol. The minimum Gasteiger partial charge on any atom is -0.347 e. The smallest absolute Gasteiger partial charge is 0.321 e. The second-order valence-corrected chi connectivity index (χ2v) is 13.2. The number of nitrogens with one attached hydrogen (secondary N) is 2. The molecule has 0 saturated heterocycles. The molecule has 2 aromatic rings. The van der Waals surface area contributed by atoms with E-state index in [1.807, 2.05) is 37.4 Å². The molecule has 2 N–H and O–H groups in total. The zero-order chi connectivity index (χ0) is 26.5. The Bertz CT molecular complexity index is 1190. The van der Waals surface area contributed by atoms with Crippen molar-refractivity contribution in [2.45, 2.75) is 102 Å². The van der Waals surface area contributed by atoms with E-state index in [-0.39, 0.29) is 18.0 Å². The van der Waals surface area contributed by atoms with Crippen LogP contribution in [0, 0.1) is 23.7 Å². The van der Waals surface area contributed by atoms with E-state index in [1.54, 1.807) is 4.90 Å². The highest BCUT2D eigenvalue weighted by molar-refractivity contribution is 5.94. The average molecular weight is 530 g/mol. The van der Waals surface area contributed by atoms with Gasteiger partial charge in [-0.2, -0.15) is 5.10 Å². The van der Waals surface area contributed by atoms with Crippen LogP contribution in [0.5, 0.6) is 0 Å². The van der Waals surface area contributed by atoms with E-state index in [0.717, 1.165) is 48.8 Å². The normalized spacial score (nSPS) is 31.5. The lowest BCUT2D eigenvalue weighted by Crippen LogP contribution is -2.56. The van der Waals surface area contributed by atoms with Gasteiger partial charge in [0, 0.05) is 36.1 Å². The Morgan fingerprint density at radius 3 is 2.28 bits per heavy atom. The molecule has 5 saturated carbocycles. The minimum atomic E-state index is -0.103. The van der Waals surface area contributed by atoms with Gasteiger partial charge in [0.15, 0.2) is 5.69 Å². The molecule has 0 aliphatic heterocycles. The number of carbonyl (C=O) groups is 2. The first kappa shape index (κ1) is 25.2. The van der Waals surface area contributed by atoms with Crippen LogP contribution in [0.2, 0.25) is 0 Å². The van der Waals surface area contributed by atoms with Crippen molar-refractivity contribution in [3.05, 3.63) is 47.3 Å². The molecule has 1 unspecified atom stereocenters. The van der Waals surface area contributed by atoms with E-state index in [1.165, 1.54) is 57.1 Å². The largest absolute Gasteiger partial charge is 0.347 e. The Morgan fingerprint density at radius 2 is 1.59 bits per heavy atom. The molecule has 6 aliphatic rings. The topological polar surface area (TPSA) is 79.3 Å². The van der Waals surface area contributed by atoms with Crippen molar-refractivity contribution in [3.63, 3.8) is 0 Å². The molecule has 0 spiro atoms. The third-order valence-electron chi connectivity index (χ3n) is 10.7. The molecule has 7 nitrogen and oxygen atoms in total. The third-order valence-corrected chi connectivity index (χ3v) is 10.7. The first-order chi connectivity index (χ1) is 19.0. The quantitative estimate of drug-likeness (QED) is 0.526. The van der Waals surface area contributed by atoms with E-state index >= 15 is 0 Å². The van der Waals surface area contributed by atoms with Crippen molar-refractivity contribution >= 4 is 17.6 Å². The highest BCUT2D eigenvalue weighted by Crippen LogP contribution is 2.53. The fourth-order valence-corrected chi connectivity index (χ4v) is 9.00. The lowest BCUT2D eigenvalue weighted by molar-refractivity contribution is -0.0120. The van der Waals surface area contributed by atoms with Gasteiger partial charge in [-0.25, -0.2) is 4.79 Å². The summed E-state index contributed by atoms with van der Waals surface area (Å²) >= 11 is 0. The molecule has 7 heteroatoms. The van der Waals surface area contributed by atoms with Crippen molar-refractivity contribution in [2.75, 3.05) is 11.9 Å². The lowest BCUT2D eigenvalue weighted by Gasteiger charge is -2.54. The predicted octanol–water partition coefficient (Wildman–Crippen LogP) is 5.65. The molecule has 4 bridgehead atoms. The number of carbonyl (C=O) groups excluding carboxylic acids is 2. The van der Waals surface area contributed by atoms with Crippen LogP contribution in [0.3, 0.4) is 0 Å². The molecule has 1 atom stereocenters. The Morgan fingerprint density at radius 1 is 0.897 bits per heavy atom. The standard InChI is InChI=1S/C32H43N5O2/c1-36(25-8-4-2-5-9-25)32(39)33-24-12-13-28-27(19-24)30(35-37(28)26-10-6-3-7-11-26)31(38)34-29-22-15-20-14-21(17-22)18-23(29)16-20/h2,4-5,8-9,20-24,26,29H,3,6-7,10-19H2,1H3,(H,33,39)(H,34,38). The summed E-state index contributed by atoms with van der Waals surface area (Å²) in [5, 5.41) is 11.9. The summed E-state index contributed by atoms with van der Waals surface area (Å²) in [6.45, 7) is 0. The number of amides is 3. The van der Waals surface area contributed by atoms with Crippen molar-refractivity contribution < 1.29 is 9.59 Å². The number of para-hydroxylation sites is 1. The molecule has 208 valence electrons. The van der Waals surface area contributed by atoms with Crippen LogP contribution in [-0.4, -0.2) is 40.9 Å². The van der Waals surface area contributed by atoms with Gasteiger partial charge in [0.2, 0.25) is 0 Å². The van der Waals surface area contributed by atoms with Crippen LogP contribution in [0.15, 0.2) is 30.3 Å². The van der Waals surface area contributed by atoms with Gasteiger partial charge in [0.05, 0.1) is 6.04 Å². The maximum Gasteiger partial charge on any atom is 0.321 e. The van der Waals surface area contributed by atoms with Gasteiger partial charge in [0.1, 0.15) is 0 Å². The first-order valence-electron chi connectivity index (χ1n) is 15.5. The second kappa shape index (κ2) is 10.3. The molecule has 3 amide bonds. The molecular formula is C32H43N5O2.